The van der Waals surface area contributed by atoms with Gasteiger partial charge >= 0.3 is 0 Å². The summed E-state index contributed by atoms with van der Waals surface area (Å²) in [6.45, 7) is 2.33. The van der Waals surface area contributed by atoms with Gasteiger partial charge < -0.3 is 5.32 Å². The number of nitrogens with one attached hydrogen (secondary N) is 2. The van der Waals surface area contributed by atoms with Crippen LogP contribution in [0.5, 0.6) is 0 Å². The Bertz CT molecular complexity index is 845. The number of hydrogen-bond donors (Lipinski definition) is 2. The smallest absolute Gasteiger partial charge is 0.251 e. The summed E-state index contributed by atoms with van der Waals surface area (Å²) in [6.07, 6.45) is 6.81. The first-order valence-corrected chi connectivity index (χ1v) is 10.2. The van der Waals surface area contributed by atoms with Crippen molar-refractivity contribution in [2.45, 2.75) is 56.1 Å². The van der Waals surface area contributed by atoms with Crippen molar-refractivity contribution in [2.24, 2.45) is 0 Å². The Hall–Kier alpha value is -2.26. The Morgan fingerprint density at radius 3 is 2.81 bits per heavy atom. The van der Waals surface area contributed by atoms with Crippen molar-refractivity contribution in [3.8, 4) is 0 Å². The lowest BCUT2D eigenvalue weighted by Crippen LogP contribution is -2.36. The molecule has 1 aromatic heterocycles. The zero-order valence-electron chi connectivity index (χ0n) is 14.6. The van der Waals surface area contributed by atoms with E-state index in [1.54, 1.807) is 23.1 Å². The molecule has 1 atom stereocenters. The number of hydrogen-bond acceptors (Lipinski definition) is 5. The molecule has 0 bridgehead atoms. The Morgan fingerprint density at radius 1 is 1.35 bits per heavy atom. The maximum atomic E-state index is 12.5. The van der Waals surface area contributed by atoms with Gasteiger partial charge in [0.15, 0.2) is 0 Å². The summed E-state index contributed by atoms with van der Waals surface area (Å²) in [6, 6.07) is 5.91. The molecule has 1 aliphatic rings. The van der Waals surface area contributed by atoms with Crippen molar-refractivity contribution in [1.29, 1.82) is 0 Å². The third kappa shape index (κ3) is 4.67. The second kappa shape index (κ2) is 7.96. The summed E-state index contributed by atoms with van der Waals surface area (Å²) in [5.41, 5.74) is 0.310. The molecule has 140 valence electrons. The molecule has 9 heteroatoms. The third-order valence-electron chi connectivity index (χ3n) is 4.39. The molecule has 0 spiro atoms. The first-order chi connectivity index (χ1) is 12.4. The first-order valence-electron chi connectivity index (χ1n) is 8.70. The molecule has 8 nitrogen and oxygen atoms in total. The van der Waals surface area contributed by atoms with Gasteiger partial charge in [0.05, 0.1) is 11.4 Å². The number of amides is 1. The van der Waals surface area contributed by atoms with Crippen molar-refractivity contribution in [2.75, 3.05) is 0 Å². The number of aromatic nitrogens is 3. The standard InChI is InChI=1S/C17H23N5O3S/c1-13(10-22-12-18-11-19-22)20-17(23)14-5-4-8-16(9-14)26(24,25)21-15-6-2-3-7-15/h4-5,8-9,11-13,15,21H,2-3,6-7,10H2,1H3,(H,20,23)/t13-/m0/s1. The molecule has 1 saturated carbocycles. The summed E-state index contributed by atoms with van der Waals surface area (Å²) in [5.74, 6) is -0.324. The molecule has 1 aromatic carbocycles. The second-order valence-corrected chi connectivity index (χ2v) is 8.34. The Kier molecular flexibility index (Phi) is 5.67. The van der Waals surface area contributed by atoms with E-state index in [0.717, 1.165) is 25.7 Å². The topological polar surface area (TPSA) is 106 Å². The lowest BCUT2D eigenvalue weighted by molar-refractivity contribution is 0.0935. The molecule has 0 saturated heterocycles. The SMILES string of the molecule is C[C@@H](Cn1cncn1)NC(=O)c1cccc(S(=O)(=O)NC2CCCC2)c1. The second-order valence-electron chi connectivity index (χ2n) is 6.62. The van der Waals surface area contributed by atoms with E-state index in [4.69, 9.17) is 0 Å². The van der Waals surface area contributed by atoms with Crippen LogP contribution in [0.1, 0.15) is 43.0 Å². The van der Waals surface area contributed by atoms with Gasteiger partial charge in [0.2, 0.25) is 10.0 Å². The van der Waals surface area contributed by atoms with E-state index in [1.807, 2.05) is 6.92 Å². The number of benzene rings is 1. The Morgan fingerprint density at radius 2 is 2.12 bits per heavy atom. The molecule has 2 N–H and O–H groups in total. The van der Waals surface area contributed by atoms with Gasteiger partial charge in [0, 0.05) is 17.6 Å². The van der Waals surface area contributed by atoms with Crippen LogP contribution in [0, 0.1) is 0 Å². The summed E-state index contributed by atoms with van der Waals surface area (Å²) < 4.78 is 29.4. The molecule has 3 rings (SSSR count). The maximum Gasteiger partial charge on any atom is 0.251 e. The molecular formula is C17H23N5O3S. The average molecular weight is 377 g/mol. The van der Waals surface area contributed by atoms with Crippen molar-refractivity contribution in [3.63, 3.8) is 0 Å². The first kappa shape index (κ1) is 18.5. The molecule has 1 fully saturated rings. The minimum absolute atomic E-state index is 0.0137. The van der Waals surface area contributed by atoms with E-state index in [9.17, 15) is 13.2 Å². The van der Waals surface area contributed by atoms with Crippen LogP contribution >= 0.6 is 0 Å². The maximum absolute atomic E-state index is 12.5. The van der Waals surface area contributed by atoms with E-state index in [1.165, 1.54) is 18.5 Å². The average Bonchev–Trinajstić information content (AvgIpc) is 3.28. The minimum Gasteiger partial charge on any atom is -0.348 e. The molecule has 1 aliphatic carbocycles. The largest absolute Gasteiger partial charge is 0.348 e. The van der Waals surface area contributed by atoms with Crippen molar-refractivity contribution >= 4 is 15.9 Å². The number of carbonyl (C=O) groups excluding carboxylic acids is 1. The van der Waals surface area contributed by atoms with Crippen LogP contribution < -0.4 is 10.0 Å². The van der Waals surface area contributed by atoms with Gasteiger partial charge in [-0.2, -0.15) is 5.10 Å². The molecule has 26 heavy (non-hydrogen) atoms. The van der Waals surface area contributed by atoms with E-state index in [0.29, 0.717) is 12.1 Å². The van der Waals surface area contributed by atoms with Crippen LogP contribution in [0.2, 0.25) is 0 Å². The normalized spacial score (nSPS) is 16.5. The predicted octanol–water partition coefficient (Wildman–Crippen LogP) is 1.32. The van der Waals surface area contributed by atoms with Crippen LogP contribution in [-0.2, 0) is 16.6 Å². The van der Waals surface area contributed by atoms with Crippen LogP contribution in [-0.4, -0.2) is 41.2 Å². The van der Waals surface area contributed by atoms with E-state index in [2.05, 4.69) is 20.1 Å². The highest BCUT2D eigenvalue weighted by Gasteiger charge is 2.23. The van der Waals surface area contributed by atoms with Gasteiger partial charge in [0.25, 0.3) is 5.91 Å². The molecule has 2 aromatic rings. The molecule has 1 amide bonds. The third-order valence-corrected chi connectivity index (χ3v) is 5.91. The molecule has 0 unspecified atom stereocenters. The zero-order chi connectivity index (χ0) is 18.6. The van der Waals surface area contributed by atoms with Crippen LogP contribution in [0.25, 0.3) is 0 Å². The van der Waals surface area contributed by atoms with E-state index < -0.39 is 10.0 Å². The molecule has 0 radical (unpaired) electrons. The molecular weight excluding hydrogens is 354 g/mol. The van der Waals surface area contributed by atoms with Gasteiger partial charge in [-0.05, 0) is 38.0 Å². The van der Waals surface area contributed by atoms with Crippen molar-refractivity contribution in [3.05, 3.63) is 42.5 Å². The lowest BCUT2D eigenvalue weighted by atomic mass is 10.2. The van der Waals surface area contributed by atoms with Crippen LogP contribution in [0.4, 0.5) is 0 Å². The number of rotatable bonds is 7. The van der Waals surface area contributed by atoms with Crippen molar-refractivity contribution in [1.82, 2.24) is 24.8 Å². The summed E-state index contributed by atoms with van der Waals surface area (Å²) in [4.78, 5) is 16.4. The molecule has 0 aliphatic heterocycles. The van der Waals surface area contributed by atoms with E-state index >= 15 is 0 Å². The predicted molar refractivity (Wildman–Crippen MR) is 96.0 cm³/mol. The fourth-order valence-electron chi connectivity index (χ4n) is 3.10. The zero-order valence-corrected chi connectivity index (χ0v) is 15.4. The number of carbonyl (C=O) groups is 1. The monoisotopic (exact) mass is 377 g/mol. The highest BCUT2D eigenvalue weighted by atomic mass is 32.2. The summed E-state index contributed by atoms with van der Waals surface area (Å²) in [7, 11) is -3.62. The Labute approximate surface area is 153 Å². The molecule has 1 heterocycles. The number of sulfonamides is 1. The minimum atomic E-state index is -3.62. The van der Waals surface area contributed by atoms with Gasteiger partial charge in [-0.25, -0.2) is 18.1 Å². The fraction of sp³-hybridized carbons (Fsp3) is 0.471. The Balaban J connectivity index is 1.66. The summed E-state index contributed by atoms with van der Waals surface area (Å²) >= 11 is 0. The highest BCUT2D eigenvalue weighted by Crippen LogP contribution is 2.20. The van der Waals surface area contributed by atoms with Gasteiger partial charge in [0.1, 0.15) is 12.7 Å². The quantitative estimate of drug-likeness (QED) is 0.757. The van der Waals surface area contributed by atoms with Gasteiger partial charge in [-0.3, -0.25) is 9.48 Å². The number of nitrogens with zero attached hydrogens (tertiary/aromatic N) is 3. The van der Waals surface area contributed by atoms with Crippen LogP contribution in [0.15, 0.2) is 41.8 Å². The highest BCUT2D eigenvalue weighted by molar-refractivity contribution is 7.89. The van der Waals surface area contributed by atoms with Gasteiger partial charge in [-0.1, -0.05) is 18.9 Å². The van der Waals surface area contributed by atoms with Crippen LogP contribution in [0.3, 0.4) is 0 Å². The van der Waals surface area contributed by atoms with Crippen molar-refractivity contribution < 1.29 is 13.2 Å². The van der Waals surface area contributed by atoms with Gasteiger partial charge in [-0.15, -0.1) is 0 Å². The summed E-state index contributed by atoms with van der Waals surface area (Å²) in [5, 5.41) is 6.84. The van der Waals surface area contributed by atoms with E-state index in [-0.39, 0.29) is 22.9 Å². The lowest BCUT2D eigenvalue weighted by Gasteiger charge is -2.15. The fourth-order valence-corrected chi connectivity index (χ4v) is 4.45.